The molecule has 0 saturated carbocycles. The zero-order chi connectivity index (χ0) is 20.2. The van der Waals surface area contributed by atoms with Gasteiger partial charge in [0.25, 0.3) is 5.91 Å². The number of carbonyl (C=O) groups excluding carboxylic acids is 1. The van der Waals surface area contributed by atoms with Crippen molar-refractivity contribution in [1.29, 1.82) is 0 Å². The number of carbonyl (C=O) groups is 1. The van der Waals surface area contributed by atoms with Gasteiger partial charge >= 0.3 is 0 Å². The number of nitrogens with zero attached hydrogens (tertiary/aromatic N) is 3. The van der Waals surface area contributed by atoms with Crippen LogP contribution in [0, 0.1) is 6.92 Å². The van der Waals surface area contributed by atoms with Gasteiger partial charge in [-0.25, -0.2) is 4.98 Å². The summed E-state index contributed by atoms with van der Waals surface area (Å²) >= 11 is 7.15. The van der Waals surface area contributed by atoms with Gasteiger partial charge in [0.05, 0.1) is 9.21 Å². The molecule has 6 nitrogen and oxygen atoms in total. The molecule has 150 valence electrons. The number of amides is 1. The standard InChI is InChI=1S/C21H22ClN5OS/c1-14-13-19(27-11-3-2-4-12-27)26-21(23-14)25-16-7-5-15(6-8-16)24-20(28)17-9-10-18(22)29-17/h5-10,13H,2-4,11-12H2,1H3,(H,24,28)(H,23,25,26). The summed E-state index contributed by atoms with van der Waals surface area (Å²) in [4.78, 5) is 24.3. The smallest absolute Gasteiger partial charge is 0.265 e. The molecule has 3 heterocycles. The molecular weight excluding hydrogens is 406 g/mol. The maximum atomic E-state index is 12.2. The highest BCUT2D eigenvalue weighted by atomic mass is 35.5. The third-order valence-corrected chi connectivity index (χ3v) is 5.95. The van der Waals surface area contributed by atoms with Gasteiger partial charge in [-0.1, -0.05) is 11.6 Å². The summed E-state index contributed by atoms with van der Waals surface area (Å²) in [5.41, 5.74) is 2.50. The van der Waals surface area contributed by atoms with Gasteiger partial charge in [-0.3, -0.25) is 4.79 Å². The Kier molecular flexibility index (Phi) is 5.97. The van der Waals surface area contributed by atoms with Crippen LogP contribution < -0.4 is 15.5 Å². The summed E-state index contributed by atoms with van der Waals surface area (Å²) < 4.78 is 0.594. The molecule has 0 atom stereocenters. The van der Waals surface area contributed by atoms with E-state index in [4.69, 9.17) is 11.6 Å². The van der Waals surface area contributed by atoms with E-state index < -0.39 is 0 Å². The van der Waals surface area contributed by atoms with Crippen LogP contribution in [0.5, 0.6) is 0 Å². The average Bonchev–Trinajstić information content (AvgIpc) is 3.16. The van der Waals surface area contributed by atoms with E-state index in [1.165, 1.54) is 30.6 Å². The number of hydrogen-bond donors (Lipinski definition) is 2. The van der Waals surface area contributed by atoms with Crippen LogP contribution in [0.2, 0.25) is 4.34 Å². The first kappa shape index (κ1) is 19.7. The lowest BCUT2D eigenvalue weighted by Gasteiger charge is -2.28. The minimum absolute atomic E-state index is 0.171. The van der Waals surface area contributed by atoms with Gasteiger partial charge in [0, 0.05) is 36.2 Å². The highest BCUT2D eigenvalue weighted by molar-refractivity contribution is 7.18. The van der Waals surface area contributed by atoms with E-state index in [1.54, 1.807) is 12.1 Å². The van der Waals surface area contributed by atoms with Crippen molar-refractivity contribution in [2.45, 2.75) is 26.2 Å². The number of rotatable bonds is 5. The third-order valence-electron chi connectivity index (χ3n) is 4.72. The summed E-state index contributed by atoms with van der Waals surface area (Å²) in [5.74, 6) is 1.38. The number of thiophene rings is 1. The fourth-order valence-electron chi connectivity index (χ4n) is 3.29. The Balaban J connectivity index is 1.43. The molecule has 1 amide bonds. The highest BCUT2D eigenvalue weighted by Gasteiger charge is 2.14. The maximum Gasteiger partial charge on any atom is 0.265 e. The first-order valence-electron chi connectivity index (χ1n) is 9.61. The third kappa shape index (κ3) is 5.05. The van der Waals surface area contributed by atoms with Crippen LogP contribution in [0.3, 0.4) is 0 Å². The first-order valence-corrected chi connectivity index (χ1v) is 10.8. The lowest BCUT2D eigenvalue weighted by molar-refractivity contribution is 0.103. The molecule has 0 aliphatic carbocycles. The van der Waals surface area contributed by atoms with Crippen LogP contribution in [0.1, 0.15) is 34.6 Å². The molecular formula is C21H22ClN5OS. The van der Waals surface area contributed by atoms with Crippen LogP contribution in [0.15, 0.2) is 42.5 Å². The fraction of sp³-hybridized carbons (Fsp3) is 0.286. The summed E-state index contributed by atoms with van der Waals surface area (Å²) in [6.45, 7) is 4.06. The lowest BCUT2D eigenvalue weighted by Crippen LogP contribution is -2.30. The molecule has 1 aromatic carbocycles. The van der Waals surface area contributed by atoms with E-state index in [-0.39, 0.29) is 5.91 Å². The first-order chi connectivity index (χ1) is 14.1. The van der Waals surface area contributed by atoms with Gasteiger partial charge in [0.1, 0.15) is 5.82 Å². The van der Waals surface area contributed by atoms with E-state index in [0.717, 1.165) is 30.3 Å². The Labute approximate surface area is 178 Å². The van der Waals surface area contributed by atoms with E-state index in [2.05, 4.69) is 25.5 Å². The van der Waals surface area contributed by atoms with Crippen LogP contribution in [-0.4, -0.2) is 29.0 Å². The monoisotopic (exact) mass is 427 g/mol. The van der Waals surface area contributed by atoms with Gasteiger partial charge in [-0.15, -0.1) is 11.3 Å². The molecule has 8 heteroatoms. The number of anilines is 4. The van der Waals surface area contributed by atoms with Gasteiger partial charge in [0.15, 0.2) is 0 Å². The minimum atomic E-state index is -0.171. The van der Waals surface area contributed by atoms with Crippen molar-refractivity contribution in [3.05, 3.63) is 57.4 Å². The topological polar surface area (TPSA) is 70.2 Å². The lowest BCUT2D eigenvalue weighted by atomic mass is 10.1. The molecule has 2 aromatic heterocycles. The van der Waals surface area contributed by atoms with E-state index >= 15 is 0 Å². The highest BCUT2D eigenvalue weighted by Crippen LogP contribution is 2.24. The number of aryl methyl sites for hydroxylation is 1. The molecule has 1 fully saturated rings. The van der Waals surface area contributed by atoms with Crippen LogP contribution in [-0.2, 0) is 0 Å². The zero-order valence-corrected chi connectivity index (χ0v) is 17.7. The average molecular weight is 428 g/mol. The number of piperidine rings is 1. The normalized spacial score (nSPS) is 13.9. The number of aromatic nitrogens is 2. The summed E-state index contributed by atoms with van der Waals surface area (Å²) in [7, 11) is 0. The van der Waals surface area contributed by atoms with Gasteiger partial charge < -0.3 is 15.5 Å². The molecule has 1 aliphatic rings. The largest absolute Gasteiger partial charge is 0.356 e. The quantitative estimate of drug-likeness (QED) is 0.563. The summed E-state index contributed by atoms with van der Waals surface area (Å²) in [5, 5.41) is 6.13. The molecule has 1 saturated heterocycles. The van der Waals surface area contributed by atoms with Gasteiger partial charge in [-0.2, -0.15) is 4.98 Å². The van der Waals surface area contributed by atoms with Crippen LogP contribution >= 0.6 is 22.9 Å². The van der Waals surface area contributed by atoms with E-state index in [0.29, 0.717) is 20.8 Å². The number of nitrogens with one attached hydrogen (secondary N) is 2. The van der Waals surface area contributed by atoms with E-state index in [9.17, 15) is 4.79 Å². The van der Waals surface area contributed by atoms with Crippen molar-refractivity contribution in [2.24, 2.45) is 0 Å². The molecule has 0 bridgehead atoms. The Morgan fingerprint density at radius 3 is 2.45 bits per heavy atom. The number of benzene rings is 1. The van der Waals surface area contributed by atoms with Crippen molar-refractivity contribution in [1.82, 2.24) is 9.97 Å². The van der Waals surface area contributed by atoms with Crippen LogP contribution in [0.4, 0.5) is 23.1 Å². The Hall–Kier alpha value is -2.64. The van der Waals surface area contributed by atoms with E-state index in [1.807, 2.05) is 37.3 Å². The zero-order valence-electron chi connectivity index (χ0n) is 16.1. The SMILES string of the molecule is Cc1cc(N2CCCCC2)nc(Nc2ccc(NC(=O)c3ccc(Cl)s3)cc2)n1. The second-order valence-electron chi connectivity index (χ2n) is 7.00. The molecule has 0 unspecified atom stereocenters. The molecule has 1 aliphatic heterocycles. The summed E-state index contributed by atoms with van der Waals surface area (Å²) in [6, 6.07) is 12.9. The van der Waals surface area contributed by atoms with Gasteiger partial charge in [0.2, 0.25) is 5.95 Å². The molecule has 2 N–H and O–H groups in total. The molecule has 0 radical (unpaired) electrons. The summed E-state index contributed by atoms with van der Waals surface area (Å²) in [6.07, 6.45) is 3.70. The molecule has 4 rings (SSSR count). The van der Waals surface area contributed by atoms with Crippen LogP contribution in [0.25, 0.3) is 0 Å². The Morgan fingerprint density at radius 1 is 1.03 bits per heavy atom. The minimum Gasteiger partial charge on any atom is -0.356 e. The van der Waals surface area contributed by atoms with Crippen molar-refractivity contribution in [3.63, 3.8) is 0 Å². The Bertz CT molecular complexity index is 999. The predicted molar refractivity (Wildman–Crippen MR) is 120 cm³/mol. The van der Waals surface area contributed by atoms with Crippen molar-refractivity contribution >= 4 is 52.0 Å². The maximum absolute atomic E-state index is 12.2. The number of halogens is 1. The molecule has 3 aromatic rings. The Morgan fingerprint density at radius 2 is 1.76 bits per heavy atom. The second-order valence-corrected chi connectivity index (χ2v) is 8.71. The second kappa shape index (κ2) is 8.80. The van der Waals surface area contributed by atoms with Crippen molar-refractivity contribution in [2.75, 3.05) is 28.6 Å². The molecule has 29 heavy (non-hydrogen) atoms. The van der Waals surface area contributed by atoms with Crippen molar-refractivity contribution < 1.29 is 4.79 Å². The van der Waals surface area contributed by atoms with Gasteiger partial charge in [-0.05, 0) is 62.6 Å². The fourth-order valence-corrected chi connectivity index (χ4v) is 4.23. The predicted octanol–water partition coefficient (Wildman–Crippen LogP) is 5.49. The number of hydrogen-bond acceptors (Lipinski definition) is 6. The van der Waals surface area contributed by atoms with Crippen molar-refractivity contribution in [3.8, 4) is 0 Å². The molecule has 0 spiro atoms.